The number of aromatic nitrogens is 2. The fourth-order valence-corrected chi connectivity index (χ4v) is 0.993. The van der Waals surface area contributed by atoms with Gasteiger partial charge in [-0.3, -0.25) is 0 Å². The molecule has 0 aliphatic heterocycles. The zero-order valence-corrected chi connectivity index (χ0v) is 7.73. The molecule has 1 N–H and O–H groups in total. The molecule has 1 aliphatic rings. The molecule has 0 radical (unpaired) electrons. The van der Waals surface area contributed by atoms with Crippen LogP contribution in [-0.4, -0.2) is 17.2 Å². The van der Waals surface area contributed by atoms with E-state index in [4.69, 9.17) is 4.52 Å². The maximum absolute atomic E-state index is 5.04. The Bertz CT molecular complexity index is 247. The van der Waals surface area contributed by atoms with Gasteiger partial charge in [-0.15, -0.1) is 12.4 Å². The molecule has 0 aromatic carbocycles. The zero-order chi connectivity index (χ0) is 7.68. The first-order valence-electron chi connectivity index (χ1n) is 3.87. The van der Waals surface area contributed by atoms with E-state index in [-0.39, 0.29) is 12.4 Å². The number of nitrogens with zero attached hydrogens (tertiary/aromatic N) is 2. The van der Waals surface area contributed by atoms with Gasteiger partial charge >= 0.3 is 0 Å². The van der Waals surface area contributed by atoms with Crippen molar-refractivity contribution in [3.63, 3.8) is 0 Å². The molecular formula is C7H12ClN3O. The van der Waals surface area contributed by atoms with Crippen molar-refractivity contribution in [2.24, 2.45) is 0 Å². The Balaban J connectivity index is 0.000000720. The minimum Gasteiger partial charge on any atom is -0.339 e. The van der Waals surface area contributed by atoms with Crippen molar-refractivity contribution in [3.05, 3.63) is 11.7 Å². The molecule has 0 bridgehead atoms. The van der Waals surface area contributed by atoms with Crippen LogP contribution < -0.4 is 5.32 Å². The SMILES string of the molecule is CNCc1noc(C2CC2)n1.Cl. The van der Waals surface area contributed by atoms with E-state index in [0.717, 1.165) is 11.7 Å². The lowest BCUT2D eigenvalue weighted by Gasteiger charge is -1.86. The third-order valence-electron chi connectivity index (χ3n) is 1.75. The molecule has 0 unspecified atom stereocenters. The Morgan fingerprint density at radius 2 is 2.33 bits per heavy atom. The summed E-state index contributed by atoms with van der Waals surface area (Å²) < 4.78 is 5.04. The summed E-state index contributed by atoms with van der Waals surface area (Å²) in [6.45, 7) is 0.691. The second kappa shape index (κ2) is 3.87. The Hall–Kier alpha value is -0.610. The van der Waals surface area contributed by atoms with E-state index in [2.05, 4.69) is 15.5 Å². The number of nitrogens with one attached hydrogen (secondary N) is 1. The smallest absolute Gasteiger partial charge is 0.229 e. The minimum atomic E-state index is 0. The molecule has 1 saturated carbocycles. The normalized spacial score (nSPS) is 15.8. The average Bonchev–Trinajstić information content (AvgIpc) is 2.75. The topological polar surface area (TPSA) is 51.0 Å². The van der Waals surface area contributed by atoms with Gasteiger partial charge in [0.25, 0.3) is 0 Å². The van der Waals surface area contributed by atoms with Crippen LogP contribution in [0.25, 0.3) is 0 Å². The van der Waals surface area contributed by atoms with E-state index in [1.54, 1.807) is 0 Å². The van der Waals surface area contributed by atoms with E-state index in [0.29, 0.717) is 12.5 Å². The second-order valence-electron chi connectivity index (χ2n) is 2.85. The number of hydrogen-bond donors (Lipinski definition) is 1. The first-order valence-corrected chi connectivity index (χ1v) is 3.87. The van der Waals surface area contributed by atoms with Crippen LogP contribution in [-0.2, 0) is 6.54 Å². The summed E-state index contributed by atoms with van der Waals surface area (Å²) in [5, 5.41) is 6.79. The first-order chi connectivity index (χ1) is 5.40. The van der Waals surface area contributed by atoms with Crippen molar-refractivity contribution in [1.29, 1.82) is 0 Å². The van der Waals surface area contributed by atoms with Gasteiger partial charge in [-0.2, -0.15) is 4.98 Å². The van der Waals surface area contributed by atoms with Crippen LogP contribution in [0.4, 0.5) is 0 Å². The summed E-state index contributed by atoms with van der Waals surface area (Å²) in [5.41, 5.74) is 0. The van der Waals surface area contributed by atoms with Crippen LogP contribution >= 0.6 is 12.4 Å². The van der Waals surface area contributed by atoms with Crippen LogP contribution in [0, 0.1) is 0 Å². The van der Waals surface area contributed by atoms with E-state index < -0.39 is 0 Å². The molecule has 0 amide bonds. The highest BCUT2D eigenvalue weighted by molar-refractivity contribution is 5.85. The van der Waals surface area contributed by atoms with E-state index in [1.807, 2.05) is 7.05 Å². The molecule has 5 heteroatoms. The fraction of sp³-hybridized carbons (Fsp3) is 0.714. The van der Waals surface area contributed by atoms with Gasteiger partial charge in [0.05, 0.1) is 6.54 Å². The van der Waals surface area contributed by atoms with Crippen molar-refractivity contribution < 1.29 is 4.52 Å². The third-order valence-corrected chi connectivity index (χ3v) is 1.75. The molecule has 2 rings (SSSR count). The van der Waals surface area contributed by atoms with Crippen LogP contribution in [0.2, 0.25) is 0 Å². The maximum atomic E-state index is 5.04. The Morgan fingerprint density at radius 1 is 1.58 bits per heavy atom. The molecule has 12 heavy (non-hydrogen) atoms. The largest absolute Gasteiger partial charge is 0.339 e. The van der Waals surface area contributed by atoms with Gasteiger partial charge in [0.2, 0.25) is 5.89 Å². The number of hydrogen-bond acceptors (Lipinski definition) is 4. The van der Waals surface area contributed by atoms with Gasteiger partial charge < -0.3 is 9.84 Å². The lowest BCUT2D eigenvalue weighted by Crippen LogP contribution is -2.06. The lowest BCUT2D eigenvalue weighted by atomic mass is 10.4. The monoisotopic (exact) mass is 189 g/mol. The molecule has 4 nitrogen and oxygen atoms in total. The Labute approximate surface area is 77.1 Å². The first kappa shape index (κ1) is 9.48. The lowest BCUT2D eigenvalue weighted by molar-refractivity contribution is 0.373. The van der Waals surface area contributed by atoms with E-state index >= 15 is 0 Å². The molecule has 0 saturated heterocycles. The number of rotatable bonds is 3. The summed E-state index contributed by atoms with van der Waals surface area (Å²) >= 11 is 0. The molecule has 68 valence electrons. The molecule has 1 aromatic heterocycles. The van der Waals surface area contributed by atoms with Gasteiger partial charge in [0.1, 0.15) is 0 Å². The van der Waals surface area contributed by atoms with Crippen LogP contribution in [0.3, 0.4) is 0 Å². The van der Waals surface area contributed by atoms with Crippen molar-refractivity contribution in [1.82, 2.24) is 15.5 Å². The summed E-state index contributed by atoms with van der Waals surface area (Å²) in [6.07, 6.45) is 2.42. The summed E-state index contributed by atoms with van der Waals surface area (Å²) in [4.78, 5) is 4.22. The van der Waals surface area contributed by atoms with E-state index in [1.165, 1.54) is 12.8 Å². The summed E-state index contributed by atoms with van der Waals surface area (Å²) in [5.74, 6) is 2.14. The molecule has 0 atom stereocenters. The molecule has 1 fully saturated rings. The van der Waals surface area contributed by atoms with Crippen LogP contribution in [0.1, 0.15) is 30.5 Å². The number of halogens is 1. The average molecular weight is 190 g/mol. The Kier molecular flexibility index (Phi) is 3.05. The highest BCUT2D eigenvalue weighted by Gasteiger charge is 2.29. The zero-order valence-electron chi connectivity index (χ0n) is 6.91. The van der Waals surface area contributed by atoms with Gasteiger partial charge in [-0.05, 0) is 19.9 Å². The minimum absolute atomic E-state index is 0. The van der Waals surface area contributed by atoms with Crippen LogP contribution in [0.15, 0.2) is 4.52 Å². The van der Waals surface area contributed by atoms with Crippen molar-refractivity contribution in [3.8, 4) is 0 Å². The predicted octanol–water partition coefficient (Wildman–Crippen LogP) is 1.09. The summed E-state index contributed by atoms with van der Waals surface area (Å²) in [7, 11) is 1.87. The second-order valence-corrected chi connectivity index (χ2v) is 2.85. The molecule has 1 aromatic rings. The molecule has 1 heterocycles. The molecular weight excluding hydrogens is 178 g/mol. The molecule has 0 spiro atoms. The fourth-order valence-electron chi connectivity index (χ4n) is 0.993. The molecule has 1 aliphatic carbocycles. The Morgan fingerprint density at radius 3 is 2.92 bits per heavy atom. The van der Waals surface area contributed by atoms with Gasteiger partial charge in [-0.1, -0.05) is 5.16 Å². The quantitative estimate of drug-likeness (QED) is 0.774. The van der Waals surface area contributed by atoms with Crippen molar-refractivity contribution >= 4 is 12.4 Å². The maximum Gasteiger partial charge on any atom is 0.229 e. The van der Waals surface area contributed by atoms with Crippen molar-refractivity contribution in [2.45, 2.75) is 25.3 Å². The third kappa shape index (κ3) is 1.95. The highest BCUT2D eigenvalue weighted by Crippen LogP contribution is 2.38. The van der Waals surface area contributed by atoms with E-state index in [9.17, 15) is 0 Å². The van der Waals surface area contributed by atoms with Gasteiger partial charge in [-0.25, -0.2) is 0 Å². The summed E-state index contributed by atoms with van der Waals surface area (Å²) in [6, 6.07) is 0. The highest BCUT2D eigenvalue weighted by atomic mass is 35.5. The van der Waals surface area contributed by atoms with Crippen molar-refractivity contribution in [2.75, 3.05) is 7.05 Å². The standard InChI is InChI=1S/C7H11N3O.ClH/c1-8-4-6-9-7(11-10-6)5-2-3-5;/h5,8H,2-4H2,1H3;1H. The van der Waals surface area contributed by atoms with Gasteiger partial charge in [0.15, 0.2) is 5.82 Å². The predicted molar refractivity (Wildman–Crippen MR) is 46.3 cm³/mol. The van der Waals surface area contributed by atoms with Crippen LogP contribution in [0.5, 0.6) is 0 Å². The van der Waals surface area contributed by atoms with Gasteiger partial charge in [0, 0.05) is 5.92 Å².